The third-order valence-corrected chi connectivity index (χ3v) is 1.51. The highest BCUT2D eigenvalue weighted by atomic mass is 19.4. The minimum atomic E-state index is -4.41. The van der Waals surface area contributed by atoms with Crippen LogP contribution in [0.25, 0.3) is 0 Å². The maximum Gasteiger partial charge on any atom is 0.419 e. The monoisotopic (exact) mass is 204 g/mol. The Morgan fingerprint density at radius 1 is 1.64 bits per heavy atom. The molecule has 1 rings (SSSR count). The largest absolute Gasteiger partial charge is 0.419 e. The van der Waals surface area contributed by atoms with Crippen LogP contribution in [0.15, 0.2) is 12.4 Å². The van der Waals surface area contributed by atoms with Crippen molar-refractivity contribution in [1.82, 2.24) is 9.78 Å². The molecule has 14 heavy (non-hydrogen) atoms. The second-order valence-corrected chi connectivity index (χ2v) is 2.68. The van der Waals surface area contributed by atoms with Crippen LogP contribution in [-0.2, 0) is 12.7 Å². The van der Waals surface area contributed by atoms with E-state index in [1.165, 1.54) is 0 Å². The molecule has 0 aliphatic heterocycles. The lowest BCUT2D eigenvalue weighted by atomic mass is 10.3. The van der Waals surface area contributed by atoms with E-state index in [1.807, 2.05) is 0 Å². The highest BCUT2D eigenvalue weighted by molar-refractivity contribution is 5.08. The standard InChI is InChI=1S/C7H7F3N4/c8-7(9,10)5-2-13-14(3-5)4-6(12)1-11/h2-3,6H,4,12H2. The molecule has 1 atom stereocenters. The van der Waals surface area contributed by atoms with E-state index in [2.05, 4.69) is 5.10 Å². The lowest BCUT2D eigenvalue weighted by Crippen LogP contribution is -2.24. The summed E-state index contributed by atoms with van der Waals surface area (Å²) in [6, 6.07) is 0.846. The number of aromatic nitrogens is 2. The summed E-state index contributed by atoms with van der Waals surface area (Å²) in [6.45, 7) is -0.0490. The number of rotatable bonds is 2. The van der Waals surface area contributed by atoms with Gasteiger partial charge in [0.1, 0.15) is 6.04 Å². The highest BCUT2D eigenvalue weighted by Crippen LogP contribution is 2.28. The maximum atomic E-state index is 12.1. The van der Waals surface area contributed by atoms with Crippen LogP contribution in [0.2, 0.25) is 0 Å². The van der Waals surface area contributed by atoms with Crippen LogP contribution in [-0.4, -0.2) is 15.8 Å². The molecule has 0 aliphatic carbocycles. The van der Waals surface area contributed by atoms with Crippen molar-refractivity contribution in [2.75, 3.05) is 0 Å². The van der Waals surface area contributed by atoms with Crippen molar-refractivity contribution in [1.29, 1.82) is 5.26 Å². The molecule has 1 aromatic heterocycles. The van der Waals surface area contributed by atoms with E-state index in [9.17, 15) is 13.2 Å². The Bertz CT molecular complexity index is 349. The molecule has 0 spiro atoms. The van der Waals surface area contributed by atoms with Gasteiger partial charge in [-0.2, -0.15) is 23.5 Å². The van der Waals surface area contributed by atoms with Gasteiger partial charge in [0.25, 0.3) is 0 Å². The molecule has 7 heteroatoms. The topological polar surface area (TPSA) is 67.6 Å². The first kappa shape index (κ1) is 10.5. The van der Waals surface area contributed by atoms with Crippen LogP contribution >= 0.6 is 0 Å². The minimum Gasteiger partial charge on any atom is -0.314 e. The van der Waals surface area contributed by atoms with Gasteiger partial charge in [0.15, 0.2) is 0 Å². The molecule has 0 saturated carbocycles. The number of nitriles is 1. The van der Waals surface area contributed by atoms with Crippen LogP contribution in [0.3, 0.4) is 0 Å². The minimum absolute atomic E-state index is 0.0490. The first-order valence-electron chi connectivity index (χ1n) is 3.68. The van der Waals surface area contributed by atoms with E-state index in [-0.39, 0.29) is 6.54 Å². The van der Waals surface area contributed by atoms with E-state index < -0.39 is 17.8 Å². The van der Waals surface area contributed by atoms with Crippen molar-refractivity contribution < 1.29 is 13.2 Å². The zero-order valence-electron chi connectivity index (χ0n) is 6.99. The molecular weight excluding hydrogens is 197 g/mol. The Labute approximate surface area is 77.7 Å². The number of alkyl halides is 3. The zero-order chi connectivity index (χ0) is 10.8. The summed E-state index contributed by atoms with van der Waals surface area (Å²) < 4.78 is 37.2. The molecule has 0 aliphatic rings. The zero-order valence-corrected chi connectivity index (χ0v) is 6.99. The predicted octanol–water partition coefficient (Wildman–Crippen LogP) is 0.753. The summed E-state index contributed by atoms with van der Waals surface area (Å²) in [6.07, 6.45) is -2.89. The number of nitrogens with zero attached hydrogens (tertiary/aromatic N) is 3. The molecule has 0 aromatic carbocycles. The summed E-state index contributed by atoms with van der Waals surface area (Å²) in [7, 11) is 0. The highest BCUT2D eigenvalue weighted by Gasteiger charge is 2.32. The van der Waals surface area contributed by atoms with E-state index in [1.54, 1.807) is 6.07 Å². The van der Waals surface area contributed by atoms with Crippen molar-refractivity contribution >= 4 is 0 Å². The molecule has 76 valence electrons. The Kier molecular flexibility index (Phi) is 2.76. The average molecular weight is 204 g/mol. The van der Waals surface area contributed by atoms with Crippen molar-refractivity contribution in [2.24, 2.45) is 5.73 Å². The van der Waals surface area contributed by atoms with Gasteiger partial charge in [-0.1, -0.05) is 0 Å². The van der Waals surface area contributed by atoms with Gasteiger partial charge in [-0.05, 0) is 0 Å². The second kappa shape index (κ2) is 3.67. The molecule has 1 aromatic rings. The Hall–Kier alpha value is -1.55. The van der Waals surface area contributed by atoms with E-state index in [4.69, 9.17) is 11.0 Å². The summed E-state index contributed by atoms with van der Waals surface area (Å²) in [5.41, 5.74) is 4.38. The van der Waals surface area contributed by atoms with Crippen molar-refractivity contribution in [3.63, 3.8) is 0 Å². The summed E-state index contributed by atoms with van der Waals surface area (Å²) >= 11 is 0. The summed E-state index contributed by atoms with van der Waals surface area (Å²) in [4.78, 5) is 0. The smallest absolute Gasteiger partial charge is 0.314 e. The number of nitrogens with two attached hydrogens (primary N) is 1. The fourth-order valence-electron chi connectivity index (χ4n) is 0.852. The number of hydrogen-bond acceptors (Lipinski definition) is 3. The SMILES string of the molecule is N#CC(N)Cn1cc(C(F)(F)F)cn1. The molecule has 0 saturated heterocycles. The fourth-order valence-corrected chi connectivity index (χ4v) is 0.852. The van der Waals surface area contributed by atoms with Gasteiger partial charge in [-0.3, -0.25) is 4.68 Å². The van der Waals surface area contributed by atoms with Crippen LogP contribution < -0.4 is 5.73 Å². The lowest BCUT2D eigenvalue weighted by Gasteiger charge is -2.02. The molecule has 1 heterocycles. The van der Waals surface area contributed by atoms with Crippen molar-refractivity contribution in [3.8, 4) is 6.07 Å². The second-order valence-electron chi connectivity index (χ2n) is 2.68. The molecule has 0 radical (unpaired) electrons. The number of halogens is 3. The Morgan fingerprint density at radius 2 is 2.29 bits per heavy atom. The van der Waals surface area contributed by atoms with Crippen molar-refractivity contribution in [2.45, 2.75) is 18.8 Å². The molecule has 0 amide bonds. The molecule has 1 unspecified atom stereocenters. The van der Waals surface area contributed by atoms with Gasteiger partial charge < -0.3 is 5.73 Å². The van der Waals surface area contributed by atoms with Gasteiger partial charge in [-0.25, -0.2) is 0 Å². The molecule has 0 bridgehead atoms. The first-order chi connectivity index (χ1) is 6.43. The summed E-state index contributed by atoms with van der Waals surface area (Å²) in [5.74, 6) is 0. The lowest BCUT2D eigenvalue weighted by molar-refractivity contribution is -0.137. The van der Waals surface area contributed by atoms with Gasteiger partial charge in [0, 0.05) is 6.20 Å². The normalized spacial score (nSPS) is 13.6. The van der Waals surface area contributed by atoms with Gasteiger partial charge in [0.05, 0.1) is 24.4 Å². The predicted molar refractivity (Wildman–Crippen MR) is 40.8 cm³/mol. The van der Waals surface area contributed by atoms with Gasteiger partial charge in [0.2, 0.25) is 0 Å². The van der Waals surface area contributed by atoms with E-state index >= 15 is 0 Å². The third-order valence-electron chi connectivity index (χ3n) is 1.51. The van der Waals surface area contributed by atoms with Crippen LogP contribution in [0.4, 0.5) is 13.2 Å². The first-order valence-corrected chi connectivity index (χ1v) is 3.68. The van der Waals surface area contributed by atoms with E-state index in [0.29, 0.717) is 6.20 Å². The Morgan fingerprint density at radius 3 is 2.71 bits per heavy atom. The van der Waals surface area contributed by atoms with Crippen LogP contribution in [0.5, 0.6) is 0 Å². The fraction of sp³-hybridized carbons (Fsp3) is 0.429. The molecule has 2 N–H and O–H groups in total. The molecule has 0 fully saturated rings. The van der Waals surface area contributed by atoms with Gasteiger partial charge >= 0.3 is 6.18 Å². The average Bonchev–Trinajstić information content (AvgIpc) is 2.51. The molecule has 4 nitrogen and oxygen atoms in total. The van der Waals surface area contributed by atoms with E-state index in [0.717, 1.165) is 10.9 Å². The maximum absolute atomic E-state index is 12.1. The Balaban J connectivity index is 2.75. The van der Waals surface area contributed by atoms with Crippen molar-refractivity contribution in [3.05, 3.63) is 18.0 Å². The van der Waals surface area contributed by atoms with Crippen LogP contribution in [0.1, 0.15) is 5.56 Å². The van der Waals surface area contributed by atoms with Crippen LogP contribution in [0, 0.1) is 11.3 Å². The quantitative estimate of drug-likeness (QED) is 0.772. The molecular formula is C7H7F3N4. The number of hydrogen-bond donors (Lipinski definition) is 1. The third kappa shape index (κ3) is 2.47. The van der Waals surface area contributed by atoms with Gasteiger partial charge in [-0.15, -0.1) is 0 Å². The summed E-state index contributed by atoms with van der Waals surface area (Å²) in [5, 5.41) is 11.8.